The minimum atomic E-state index is -1.88. The van der Waals surface area contributed by atoms with Gasteiger partial charge in [0, 0.05) is 11.9 Å². The van der Waals surface area contributed by atoms with E-state index >= 15 is 0 Å². The molecule has 0 aromatic carbocycles. The van der Waals surface area contributed by atoms with Crippen molar-refractivity contribution in [1.82, 2.24) is 0 Å². The van der Waals surface area contributed by atoms with Crippen molar-refractivity contribution in [2.75, 3.05) is 13.2 Å². The Morgan fingerprint density at radius 1 is 0.872 bits per heavy atom. The van der Waals surface area contributed by atoms with E-state index in [1.165, 1.54) is 6.08 Å². The van der Waals surface area contributed by atoms with E-state index in [1.807, 2.05) is 0 Å². The van der Waals surface area contributed by atoms with E-state index in [0.29, 0.717) is 6.42 Å². The first kappa shape index (κ1) is 36.3. The molecule has 1 unspecified atom stereocenters. The van der Waals surface area contributed by atoms with Crippen molar-refractivity contribution < 1.29 is 98.9 Å². The Hall–Kier alpha value is -0.720. The number of aliphatic hydroxyl groups excluding tert-OH is 7. The quantitative estimate of drug-likeness (QED) is 0.0442. The van der Waals surface area contributed by atoms with E-state index in [9.17, 15) is 50.4 Å². The van der Waals surface area contributed by atoms with Gasteiger partial charge in [0.2, 0.25) is 6.29 Å². The number of hydrogen-bond donors (Lipinski definition) is 7. The third-order valence-corrected chi connectivity index (χ3v) is 6.49. The second-order valence-corrected chi connectivity index (χ2v) is 9.40. The number of aliphatic hydroxyl groups is 7. The summed E-state index contributed by atoms with van der Waals surface area (Å²) in [5.74, 6) is -3.98. The van der Waals surface area contributed by atoms with Crippen LogP contribution in [-0.4, -0.2) is 122 Å². The van der Waals surface area contributed by atoms with Crippen LogP contribution in [0.4, 0.5) is 0 Å². The van der Waals surface area contributed by atoms with Gasteiger partial charge in [0.05, 0.1) is 19.6 Å². The SMILES string of the molecule is CCCCCC/C=C/C(CC(=O)O[C@H]1[C@@H](O[C@H]2O[C@H](CO)[C@@H](O)[C@H](O)[C@H]2O)O[C@H](CO)[C@@H](O)[C@@H]1O)C(=O)[O-].[Na+]. The third-order valence-electron chi connectivity index (χ3n) is 6.49. The molecule has 2 aliphatic heterocycles. The van der Waals surface area contributed by atoms with Gasteiger partial charge in [-0.3, -0.25) is 4.79 Å². The molecule has 0 bridgehead atoms. The first-order chi connectivity index (χ1) is 18.0. The largest absolute Gasteiger partial charge is 1.00 e. The van der Waals surface area contributed by atoms with Gasteiger partial charge in [-0.25, -0.2) is 0 Å². The summed E-state index contributed by atoms with van der Waals surface area (Å²) in [6.07, 6.45) is -10.3. The fourth-order valence-corrected chi connectivity index (χ4v) is 4.16. The van der Waals surface area contributed by atoms with E-state index in [0.717, 1.165) is 25.7 Å². The maximum atomic E-state index is 12.6. The number of rotatable bonds is 14. The first-order valence-electron chi connectivity index (χ1n) is 12.7. The first-order valence-corrected chi connectivity index (χ1v) is 12.7. The van der Waals surface area contributed by atoms with Gasteiger partial charge in [0.25, 0.3) is 0 Å². The monoisotopic (exact) mass is 574 g/mol. The Morgan fingerprint density at radius 3 is 2.03 bits per heavy atom. The topological polar surface area (TPSA) is 236 Å². The number of aliphatic carboxylic acids is 1. The fourth-order valence-electron chi connectivity index (χ4n) is 4.16. The summed E-state index contributed by atoms with van der Waals surface area (Å²) in [7, 11) is 0. The standard InChI is InChI=1S/C24H40O14.Na/c1-2-3-4-5-6-7-8-12(22(33)34)9-15(27)37-21-19(31)17(29)14(11-26)36-24(21)38-23-20(32)18(30)16(28)13(10-25)35-23;/h7-8,12-14,16-21,23-26,28-32H,2-6,9-11H2,1H3,(H,33,34);/q;+1/p-1/b8-7+;/t12?,13-,14-,16-,17-,18+,19+,20-,21-,23-,24-;/m1./s1. The van der Waals surface area contributed by atoms with Gasteiger partial charge in [-0.2, -0.15) is 0 Å². The second-order valence-electron chi connectivity index (χ2n) is 9.40. The number of hydrogen-bond acceptors (Lipinski definition) is 14. The predicted molar refractivity (Wildman–Crippen MR) is 124 cm³/mol. The van der Waals surface area contributed by atoms with Gasteiger partial charge in [-0.05, 0) is 12.8 Å². The molecule has 0 aliphatic carbocycles. The molecule has 2 heterocycles. The maximum Gasteiger partial charge on any atom is 1.00 e. The summed E-state index contributed by atoms with van der Waals surface area (Å²) in [6, 6.07) is 0. The zero-order valence-corrected chi connectivity index (χ0v) is 24.2. The minimum Gasteiger partial charge on any atom is -0.550 e. The van der Waals surface area contributed by atoms with E-state index in [2.05, 4.69) is 6.92 Å². The van der Waals surface area contributed by atoms with Crippen LogP contribution < -0.4 is 34.7 Å². The van der Waals surface area contributed by atoms with E-state index in [1.54, 1.807) is 6.08 Å². The molecule has 220 valence electrons. The molecule has 2 aliphatic rings. The molecule has 15 heteroatoms. The van der Waals surface area contributed by atoms with Crippen molar-refractivity contribution in [2.45, 2.75) is 107 Å². The normalized spacial score (nSPS) is 35.8. The van der Waals surface area contributed by atoms with Crippen LogP contribution in [0, 0.1) is 5.92 Å². The Kier molecular flexibility index (Phi) is 16.7. The van der Waals surface area contributed by atoms with E-state index < -0.39 is 98.9 Å². The minimum absolute atomic E-state index is 0. The van der Waals surface area contributed by atoms with Crippen molar-refractivity contribution in [3.05, 3.63) is 12.2 Å². The zero-order valence-electron chi connectivity index (χ0n) is 22.2. The molecule has 0 aromatic heterocycles. The van der Waals surface area contributed by atoms with Crippen molar-refractivity contribution in [3.8, 4) is 0 Å². The van der Waals surface area contributed by atoms with E-state index in [4.69, 9.17) is 18.9 Å². The number of allylic oxidation sites excluding steroid dienone is 1. The van der Waals surface area contributed by atoms with Crippen LogP contribution in [0.15, 0.2) is 12.2 Å². The maximum absolute atomic E-state index is 12.6. The van der Waals surface area contributed by atoms with Crippen molar-refractivity contribution in [2.24, 2.45) is 5.92 Å². The molecular weight excluding hydrogens is 535 g/mol. The van der Waals surface area contributed by atoms with Crippen LogP contribution in [0.25, 0.3) is 0 Å². The van der Waals surface area contributed by atoms with Crippen LogP contribution in [0.5, 0.6) is 0 Å². The average molecular weight is 575 g/mol. The molecule has 14 nitrogen and oxygen atoms in total. The number of ether oxygens (including phenoxy) is 4. The fraction of sp³-hybridized carbons (Fsp3) is 0.833. The molecule has 2 fully saturated rings. The van der Waals surface area contributed by atoms with Gasteiger partial charge < -0.3 is 64.6 Å². The van der Waals surface area contributed by atoms with Crippen molar-refractivity contribution in [3.63, 3.8) is 0 Å². The molecule has 0 amide bonds. The van der Waals surface area contributed by atoms with Gasteiger partial charge in [0.15, 0.2) is 12.4 Å². The van der Waals surface area contributed by atoms with Crippen LogP contribution >= 0.6 is 0 Å². The van der Waals surface area contributed by atoms with Crippen LogP contribution in [0.1, 0.15) is 45.4 Å². The molecule has 0 saturated carbocycles. The molecule has 0 aromatic rings. The van der Waals surface area contributed by atoms with Crippen LogP contribution in [0.2, 0.25) is 0 Å². The van der Waals surface area contributed by atoms with Crippen molar-refractivity contribution in [1.29, 1.82) is 0 Å². The zero-order chi connectivity index (χ0) is 28.4. The molecule has 39 heavy (non-hydrogen) atoms. The van der Waals surface area contributed by atoms with Crippen LogP contribution in [-0.2, 0) is 28.5 Å². The summed E-state index contributed by atoms with van der Waals surface area (Å²) in [6.45, 7) is 0.514. The van der Waals surface area contributed by atoms with Gasteiger partial charge in [-0.1, -0.05) is 38.3 Å². The van der Waals surface area contributed by atoms with E-state index in [-0.39, 0.29) is 29.6 Å². The summed E-state index contributed by atoms with van der Waals surface area (Å²) >= 11 is 0. The van der Waals surface area contributed by atoms with Crippen LogP contribution in [0.3, 0.4) is 0 Å². The summed E-state index contributed by atoms with van der Waals surface area (Å²) < 4.78 is 21.3. The van der Waals surface area contributed by atoms with Gasteiger partial charge >= 0.3 is 35.5 Å². The summed E-state index contributed by atoms with van der Waals surface area (Å²) in [5, 5.41) is 81.3. The molecule has 2 rings (SSSR count). The average Bonchev–Trinajstić information content (AvgIpc) is 2.89. The van der Waals surface area contributed by atoms with Crippen molar-refractivity contribution >= 4 is 11.9 Å². The number of esters is 1. The summed E-state index contributed by atoms with van der Waals surface area (Å²) in [4.78, 5) is 24.1. The van der Waals surface area contributed by atoms with Gasteiger partial charge in [0.1, 0.15) is 42.7 Å². The molecule has 0 spiro atoms. The number of unbranched alkanes of at least 4 members (excludes halogenated alkanes) is 4. The number of carbonyl (C=O) groups excluding carboxylic acids is 2. The smallest absolute Gasteiger partial charge is 0.550 e. The molecule has 2 saturated heterocycles. The molecule has 7 N–H and O–H groups in total. The molecule has 0 radical (unpaired) electrons. The van der Waals surface area contributed by atoms with Gasteiger partial charge in [-0.15, -0.1) is 0 Å². The third kappa shape index (κ3) is 10.3. The predicted octanol–water partition coefficient (Wildman–Crippen LogP) is -6.56. The molecular formula is C24H39NaO14. The Morgan fingerprint density at radius 2 is 1.46 bits per heavy atom. The number of carboxylic acid groups (broad SMARTS) is 1. The Balaban J connectivity index is 0.00000760. The Bertz CT molecular complexity index is 767. The Labute approximate surface area is 248 Å². The number of carbonyl (C=O) groups is 2. The molecule has 11 atom stereocenters. The second kappa shape index (κ2) is 18.0. The number of carboxylic acids is 1. The summed E-state index contributed by atoms with van der Waals surface area (Å²) in [5.41, 5.74) is 0.